The SMILES string of the molecule is N#C[C@@H](c1ccccc1)[C@@H](CCc1ccccc1)NC(=O)OCc1ccccc1. The van der Waals surface area contributed by atoms with Crippen molar-refractivity contribution in [1.82, 2.24) is 5.32 Å². The van der Waals surface area contributed by atoms with Crippen LogP contribution in [0.1, 0.15) is 29.0 Å². The predicted molar refractivity (Wildman–Crippen MR) is 113 cm³/mol. The number of nitrogens with one attached hydrogen (secondary N) is 1. The molecule has 0 aliphatic rings. The van der Waals surface area contributed by atoms with E-state index in [1.807, 2.05) is 78.9 Å². The lowest BCUT2D eigenvalue weighted by atomic mass is 9.89. The molecule has 1 N–H and O–H groups in total. The van der Waals surface area contributed by atoms with Gasteiger partial charge in [-0.25, -0.2) is 4.79 Å². The van der Waals surface area contributed by atoms with Gasteiger partial charge in [-0.3, -0.25) is 0 Å². The van der Waals surface area contributed by atoms with Gasteiger partial charge in [-0.1, -0.05) is 91.0 Å². The van der Waals surface area contributed by atoms with Crippen molar-refractivity contribution in [2.45, 2.75) is 31.4 Å². The van der Waals surface area contributed by atoms with Crippen LogP contribution in [0.25, 0.3) is 0 Å². The van der Waals surface area contributed by atoms with Crippen molar-refractivity contribution < 1.29 is 9.53 Å². The molecule has 0 unspecified atom stereocenters. The van der Waals surface area contributed by atoms with E-state index >= 15 is 0 Å². The third-order valence-electron chi connectivity index (χ3n) is 4.80. The van der Waals surface area contributed by atoms with Crippen LogP contribution in [0.2, 0.25) is 0 Å². The molecule has 3 aromatic rings. The molecule has 2 atom stereocenters. The number of carbonyl (C=O) groups excluding carboxylic acids is 1. The molecular weight excluding hydrogens is 360 g/mol. The van der Waals surface area contributed by atoms with Crippen LogP contribution in [-0.2, 0) is 17.8 Å². The molecule has 0 aliphatic heterocycles. The highest BCUT2D eigenvalue weighted by atomic mass is 16.5. The van der Waals surface area contributed by atoms with E-state index in [-0.39, 0.29) is 12.6 Å². The molecule has 0 fully saturated rings. The van der Waals surface area contributed by atoms with Crippen LogP contribution in [0.15, 0.2) is 91.0 Å². The van der Waals surface area contributed by atoms with Gasteiger partial charge in [-0.05, 0) is 29.5 Å². The maximum atomic E-state index is 12.4. The van der Waals surface area contributed by atoms with Gasteiger partial charge in [-0.2, -0.15) is 5.26 Å². The van der Waals surface area contributed by atoms with Gasteiger partial charge in [0, 0.05) is 0 Å². The summed E-state index contributed by atoms with van der Waals surface area (Å²) in [5.74, 6) is -0.454. The Kier molecular flexibility index (Phi) is 7.42. The van der Waals surface area contributed by atoms with Gasteiger partial charge >= 0.3 is 6.09 Å². The lowest BCUT2D eigenvalue weighted by molar-refractivity contribution is 0.134. The summed E-state index contributed by atoms with van der Waals surface area (Å²) < 4.78 is 5.38. The minimum Gasteiger partial charge on any atom is -0.445 e. The van der Waals surface area contributed by atoms with E-state index in [0.29, 0.717) is 6.42 Å². The summed E-state index contributed by atoms with van der Waals surface area (Å²) >= 11 is 0. The molecule has 3 rings (SSSR count). The number of rotatable bonds is 8. The third kappa shape index (κ3) is 6.22. The zero-order valence-electron chi connectivity index (χ0n) is 16.2. The minimum atomic E-state index is -0.511. The number of nitrogens with zero attached hydrogens (tertiary/aromatic N) is 1. The van der Waals surface area contributed by atoms with Crippen molar-refractivity contribution in [3.63, 3.8) is 0 Å². The van der Waals surface area contributed by atoms with Crippen LogP contribution in [0.5, 0.6) is 0 Å². The van der Waals surface area contributed by atoms with E-state index in [9.17, 15) is 10.1 Å². The summed E-state index contributed by atoms with van der Waals surface area (Å²) in [6.45, 7) is 0.195. The minimum absolute atomic E-state index is 0.195. The molecule has 0 saturated carbocycles. The first-order valence-corrected chi connectivity index (χ1v) is 9.72. The molecule has 146 valence electrons. The Balaban J connectivity index is 1.69. The number of amides is 1. The maximum absolute atomic E-state index is 12.4. The molecule has 0 saturated heterocycles. The Labute approximate surface area is 171 Å². The van der Waals surface area contributed by atoms with E-state index in [1.165, 1.54) is 5.56 Å². The predicted octanol–water partition coefficient (Wildman–Crippen LogP) is 5.22. The van der Waals surface area contributed by atoms with Gasteiger partial charge in [-0.15, -0.1) is 0 Å². The molecule has 3 aromatic carbocycles. The summed E-state index contributed by atoms with van der Waals surface area (Å²) in [6.07, 6.45) is 0.885. The molecule has 29 heavy (non-hydrogen) atoms. The normalized spacial score (nSPS) is 12.4. The lowest BCUT2D eigenvalue weighted by Gasteiger charge is -2.23. The van der Waals surface area contributed by atoms with Gasteiger partial charge in [0.15, 0.2) is 0 Å². The van der Waals surface area contributed by atoms with Gasteiger partial charge in [0.2, 0.25) is 0 Å². The number of hydrogen-bond acceptors (Lipinski definition) is 3. The Morgan fingerprint density at radius 1 is 0.862 bits per heavy atom. The Morgan fingerprint density at radius 3 is 2.00 bits per heavy atom. The fourth-order valence-electron chi connectivity index (χ4n) is 3.26. The molecule has 0 aliphatic carbocycles. The molecule has 1 amide bonds. The van der Waals surface area contributed by atoms with E-state index in [4.69, 9.17) is 4.74 Å². The third-order valence-corrected chi connectivity index (χ3v) is 4.80. The van der Waals surface area contributed by atoms with Crippen LogP contribution >= 0.6 is 0 Å². The van der Waals surface area contributed by atoms with Crippen LogP contribution < -0.4 is 5.32 Å². The molecule has 0 bridgehead atoms. The number of benzene rings is 3. The van der Waals surface area contributed by atoms with E-state index < -0.39 is 12.0 Å². The first-order valence-electron chi connectivity index (χ1n) is 9.72. The van der Waals surface area contributed by atoms with E-state index in [0.717, 1.165) is 17.5 Å². The zero-order valence-corrected chi connectivity index (χ0v) is 16.2. The Bertz CT molecular complexity index is 921. The standard InChI is InChI=1S/C25H24N2O2/c26-18-23(22-14-8-3-9-15-22)24(17-16-20-10-4-1-5-11-20)27-25(28)29-19-21-12-6-2-7-13-21/h1-15,23-24H,16-17,19H2,(H,27,28)/t23-,24+/m0/s1. The smallest absolute Gasteiger partial charge is 0.407 e. The fourth-order valence-corrected chi connectivity index (χ4v) is 3.26. The molecule has 4 heteroatoms. The first kappa shape index (κ1) is 20.2. The highest BCUT2D eigenvalue weighted by Gasteiger charge is 2.25. The Hall–Kier alpha value is -3.58. The van der Waals surface area contributed by atoms with Crippen molar-refractivity contribution >= 4 is 6.09 Å². The van der Waals surface area contributed by atoms with Gasteiger partial charge in [0.05, 0.1) is 18.0 Å². The van der Waals surface area contributed by atoms with E-state index in [1.54, 1.807) is 0 Å². The molecule has 0 aromatic heterocycles. The zero-order chi connectivity index (χ0) is 20.3. The quantitative estimate of drug-likeness (QED) is 0.579. The number of nitriles is 1. The second kappa shape index (κ2) is 10.7. The summed E-state index contributed by atoms with van der Waals surface area (Å²) in [5, 5.41) is 12.7. The molecule has 4 nitrogen and oxygen atoms in total. The second-order valence-corrected chi connectivity index (χ2v) is 6.85. The largest absolute Gasteiger partial charge is 0.445 e. The van der Waals surface area contributed by atoms with Crippen LogP contribution in [-0.4, -0.2) is 12.1 Å². The molecule has 0 heterocycles. The number of carbonyl (C=O) groups is 1. The first-order chi connectivity index (χ1) is 14.3. The number of hydrogen-bond donors (Lipinski definition) is 1. The Morgan fingerprint density at radius 2 is 1.41 bits per heavy atom. The molecular formula is C25H24N2O2. The molecule has 0 radical (unpaired) electrons. The molecule has 0 spiro atoms. The lowest BCUT2D eigenvalue weighted by Crippen LogP contribution is -2.39. The number of aryl methyl sites for hydroxylation is 1. The topological polar surface area (TPSA) is 62.1 Å². The average Bonchev–Trinajstić information content (AvgIpc) is 2.78. The van der Waals surface area contributed by atoms with Crippen molar-refractivity contribution in [2.75, 3.05) is 0 Å². The van der Waals surface area contributed by atoms with E-state index in [2.05, 4.69) is 23.5 Å². The monoisotopic (exact) mass is 384 g/mol. The second-order valence-electron chi connectivity index (χ2n) is 6.85. The number of alkyl carbamates (subject to hydrolysis) is 1. The summed E-state index contributed by atoms with van der Waals surface area (Å²) in [7, 11) is 0. The summed E-state index contributed by atoms with van der Waals surface area (Å²) in [4.78, 5) is 12.4. The fraction of sp³-hybridized carbons (Fsp3) is 0.200. The highest BCUT2D eigenvalue weighted by Crippen LogP contribution is 2.23. The van der Waals surface area contributed by atoms with Gasteiger partial charge < -0.3 is 10.1 Å². The van der Waals surface area contributed by atoms with Gasteiger partial charge in [0.1, 0.15) is 6.61 Å². The average molecular weight is 384 g/mol. The maximum Gasteiger partial charge on any atom is 0.407 e. The summed E-state index contributed by atoms with van der Waals surface area (Å²) in [6, 6.07) is 31.2. The van der Waals surface area contributed by atoms with Crippen LogP contribution in [0, 0.1) is 11.3 Å². The number of ether oxygens (including phenoxy) is 1. The van der Waals surface area contributed by atoms with Crippen LogP contribution in [0.4, 0.5) is 4.79 Å². The summed E-state index contributed by atoms with van der Waals surface area (Å²) in [5.41, 5.74) is 2.97. The van der Waals surface area contributed by atoms with Gasteiger partial charge in [0.25, 0.3) is 0 Å². The van der Waals surface area contributed by atoms with Crippen molar-refractivity contribution in [3.8, 4) is 6.07 Å². The van der Waals surface area contributed by atoms with Crippen molar-refractivity contribution in [3.05, 3.63) is 108 Å². The van der Waals surface area contributed by atoms with Crippen LogP contribution in [0.3, 0.4) is 0 Å². The van der Waals surface area contributed by atoms with Crippen molar-refractivity contribution in [2.24, 2.45) is 0 Å². The van der Waals surface area contributed by atoms with Crippen molar-refractivity contribution in [1.29, 1.82) is 5.26 Å². The highest BCUT2D eigenvalue weighted by molar-refractivity contribution is 5.68.